The third kappa shape index (κ3) is 10.5. The lowest BCUT2D eigenvalue weighted by atomic mass is 10.0. The Hall–Kier alpha value is -3.64. The molecule has 2 aromatic rings. The summed E-state index contributed by atoms with van der Waals surface area (Å²) in [6.45, 7) is 5.01. The van der Waals surface area contributed by atoms with E-state index in [9.17, 15) is 22.8 Å². The molecule has 0 spiro atoms. The smallest absolute Gasteiger partial charge is 0.410 e. The largest absolute Gasteiger partial charge is 0.445 e. The molecule has 0 aromatic heterocycles. The maximum Gasteiger partial charge on any atom is 0.410 e. The van der Waals surface area contributed by atoms with Crippen molar-refractivity contribution in [2.24, 2.45) is 0 Å². The van der Waals surface area contributed by atoms with Crippen LogP contribution in [0.15, 0.2) is 60.7 Å². The molecule has 2 aromatic carbocycles. The number of alkyl carbamates (subject to hydrolysis) is 1. The van der Waals surface area contributed by atoms with Crippen molar-refractivity contribution in [3.8, 4) is 0 Å². The van der Waals surface area contributed by atoms with E-state index >= 15 is 0 Å². The van der Waals surface area contributed by atoms with Crippen LogP contribution in [-0.4, -0.2) is 74.5 Å². The SMILES string of the molecule is CC(C)(C)OC(=O)N1C[C@@H](NC(=O)[C@H](Cc2ccccc2)NC(=O)OCc2ccccc2)C[C@H]1COS(C)(=O)=O. The lowest BCUT2D eigenvalue weighted by Gasteiger charge is -2.28. The summed E-state index contributed by atoms with van der Waals surface area (Å²) in [7, 11) is -3.75. The van der Waals surface area contributed by atoms with Crippen molar-refractivity contribution in [3.63, 3.8) is 0 Å². The average Bonchev–Trinajstić information content (AvgIpc) is 3.28. The third-order valence-electron chi connectivity index (χ3n) is 5.97. The fourth-order valence-electron chi connectivity index (χ4n) is 4.19. The fraction of sp³-hybridized carbons (Fsp3) is 0.464. The number of nitrogens with one attached hydrogen (secondary N) is 2. The van der Waals surface area contributed by atoms with Crippen LogP contribution in [0.1, 0.15) is 38.3 Å². The number of carbonyl (C=O) groups is 3. The van der Waals surface area contributed by atoms with Gasteiger partial charge in [-0.25, -0.2) is 9.59 Å². The van der Waals surface area contributed by atoms with E-state index in [0.717, 1.165) is 17.4 Å². The molecule has 0 aliphatic carbocycles. The molecule has 3 rings (SSSR count). The van der Waals surface area contributed by atoms with E-state index in [4.69, 9.17) is 13.7 Å². The fourth-order valence-corrected chi connectivity index (χ4v) is 4.60. The minimum atomic E-state index is -3.75. The van der Waals surface area contributed by atoms with Crippen LogP contribution >= 0.6 is 0 Å². The first-order valence-electron chi connectivity index (χ1n) is 12.9. The second-order valence-electron chi connectivity index (χ2n) is 10.7. The molecule has 1 fully saturated rings. The van der Waals surface area contributed by atoms with Crippen molar-refractivity contribution in [2.75, 3.05) is 19.4 Å². The number of amides is 3. The second kappa shape index (κ2) is 13.6. The van der Waals surface area contributed by atoms with Crippen molar-refractivity contribution >= 4 is 28.2 Å². The molecule has 0 saturated carbocycles. The Morgan fingerprint density at radius 2 is 1.60 bits per heavy atom. The highest BCUT2D eigenvalue weighted by atomic mass is 32.2. The highest BCUT2D eigenvalue weighted by molar-refractivity contribution is 7.85. The van der Waals surface area contributed by atoms with E-state index in [1.54, 1.807) is 20.8 Å². The van der Waals surface area contributed by atoms with E-state index < -0.39 is 51.9 Å². The van der Waals surface area contributed by atoms with Crippen LogP contribution in [0.25, 0.3) is 0 Å². The van der Waals surface area contributed by atoms with Crippen molar-refractivity contribution < 1.29 is 36.5 Å². The van der Waals surface area contributed by atoms with Crippen molar-refractivity contribution in [3.05, 3.63) is 71.8 Å². The Morgan fingerprint density at radius 3 is 2.17 bits per heavy atom. The number of nitrogens with zero attached hydrogens (tertiary/aromatic N) is 1. The van der Waals surface area contributed by atoms with Gasteiger partial charge in [-0.2, -0.15) is 8.42 Å². The van der Waals surface area contributed by atoms with E-state index in [1.165, 1.54) is 4.90 Å². The standard InChI is InChI=1S/C28H37N3O8S/c1-28(2,3)39-27(34)31-17-22(16-23(31)19-38-40(4,35)36)29-25(32)24(15-20-11-7-5-8-12-20)30-26(33)37-18-21-13-9-6-10-14-21/h5-14,22-24H,15-19H2,1-4H3,(H,29,32)(H,30,33)/t22-,23-,24-/m0/s1. The molecule has 1 aliphatic heterocycles. The van der Waals surface area contributed by atoms with Gasteiger partial charge in [0.2, 0.25) is 5.91 Å². The first-order valence-corrected chi connectivity index (χ1v) is 14.8. The molecule has 0 radical (unpaired) electrons. The highest BCUT2D eigenvalue weighted by Gasteiger charge is 2.39. The Kier molecular flexibility index (Phi) is 10.5. The molecule has 0 bridgehead atoms. The van der Waals surface area contributed by atoms with Crippen LogP contribution in [-0.2, 0) is 41.6 Å². The summed E-state index contributed by atoms with van der Waals surface area (Å²) in [5, 5.41) is 5.54. The summed E-state index contributed by atoms with van der Waals surface area (Å²) in [5.41, 5.74) is 0.857. The van der Waals surface area contributed by atoms with Gasteiger partial charge >= 0.3 is 12.2 Å². The van der Waals surface area contributed by atoms with Crippen LogP contribution in [0, 0.1) is 0 Å². The topological polar surface area (TPSA) is 140 Å². The number of ether oxygens (including phenoxy) is 2. The van der Waals surface area contributed by atoms with Gasteiger partial charge in [0.05, 0.1) is 18.9 Å². The van der Waals surface area contributed by atoms with Gasteiger partial charge in [-0.1, -0.05) is 60.7 Å². The summed E-state index contributed by atoms with van der Waals surface area (Å²) >= 11 is 0. The van der Waals surface area contributed by atoms with Gasteiger partial charge in [-0.05, 0) is 38.3 Å². The third-order valence-corrected chi connectivity index (χ3v) is 6.53. The van der Waals surface area contributed by atoms with Crippen LogP contribution in [0.3, 0.4) is 0 Å². The van der Waals surface area contributed by atoms with Crippen molar-refractivity contribution in [1.82, 2.24) is 15.5 Å². The summed E-state index contributed by atoms with van der Waals surface area (Å²) in [6.07, 6.45) is -0.0285. The maximum absolute atomic E-state index is 13.4. The summed E-state index contributed by atoms with van der Waals surface area (Å²) in [5.74, 6) is -0.473. The number of hydrogen-bond donors (Lipinski definition) is 2. The van der Waals surface area contributed by atoms with Gasteiger partial charge in [0.25, 0.3) is 10.1 Å². The average molecular weight is 576 g/mol. The number of rotatable bonds is 10. The molecule has 40 heavy (non-hydrogen) atoms. The predicted octanol–water partition coefficient (Wildman–Crippen LogP) is 2.99. The number of hydrogen-bond acceptors (Lipinski definition) is 8. The number of benzene rings is 2. The summed E-state index contributed by atoms with van der Waals surface area (Å²) < 4.78 is 38.9. The molecule has 2 N–H and O–H groups in total. The minimum Gasteiger partial charge on any atom is -0.445 e. The maximum atomic E-state index is 13.4. The van der Waals surface area contributed by atoms with Crippen LogP contribution < -0.4 is 10.6 Å². The molecule has 3 amide bonds. The van der Waals surface area contributed by atoms with Crippen molar-refractivity contribution in [2.45, 2.75) is 63.9 Å². The molecule has 12 heteroatoms. The molecule has 0 unspecified atom stereocenters. The van der Waals surface area contributed by atoms with Gasteiger partial charge < -0.3 is 25.0 Å². The van der Waals surface area contributed by atoms with Gasteiger partial charge in [0.1, 0.15) is 18.2 Å². The van der Waals surface area contributed by atoms with Gasteiger partial charge in [-0.15, -0.1) is 0 Å². The quantitative estimate of drug-likeness (QED) is 0.412. The van der Waals surface area contributed by atoms with Crippen LogP contribution in [0.4, 0.5) is 9.59 Å². The van der Waals surface area contributed by atoms with E-state index in [1.807, 2.05) is 60.7 Å². The molecular weight excluding hydrogens is 538 g/mol. The minimum absolute atomic E-state index is 0.0435. The number of likely N-dealkylation sites (tertiary alicyclic amines) is 1. The first-order chi connectivity index (χ1) is 18.8. The summed E-state index contributed by atoms with van der Waals surface area (Å²) in [4.78, 5) is 40.2. The van der Waals surface area contributed by atoms with Crippen molar-refractivity contribution in [1.29, 1.82) is 0 Å². The number of carbonyl (C=O) groups excluding carboxylic acids is 3. The molecule has 11 nitrogen and oxygen atoms in total. The van der Waals surface area contributed by atoms with E-state index in [0.29, 0.717) is 0 Å². The molecule has 3 atom stereocenters. The summed E-state index contributed by atoms with van der Waals surface area (Å²) in [6, 6.07) is 16.2. The zero-order valence-corrected chi connectivity index (χ0v) is 24.0. The monoisotopic (exact) mass is 575 g/mol. The normalized spacial score (nSPS) is 18.1. The van der Waals surface area contributed by atoms with E-state index in [2.05, 4.69) is 10.6 Å². The molecule has 1 heterocycles. The molecule has 218 valence electrons. The Morgan fingerprint density at radius 1 is 1.00 bits per heavy atom. The van der Waals surface area contributed by atoms with Crippen LogP contribution in [0.5, 0.6) is 0 Å². The zero-order chi connectivity index (χ0) is 29.3. The first kappa shape index (κ1) is 30.9. The van der Waals surface area contributed by atoms with Crippen LogP contribution in [0.2, 0.25) is 0 Å². The molecule has 1 aliphatic rings. The lowest BCUT2D eigenvalue weighted by molar-refractivity contribution is -0.123. The van der Waals surface area contributed by atoms with Gasteiger partial charge in [0.15, 0.2) is 0 Å². The van der Waals surface area contributed by atoms with Gasteiger partial charge in [0, 0.05) is 19.0 Å². The highest BCUT2D eigenvalue weighted by Crippen LogP contribution is 2.22. The zero-order valence-electron chi connectivity index (χ0n) is 23.2. The second-order valence-corrected chi connectivity index (χ2v) is 12.3. The Balaban J connectivity index is 1.69. The molecule has 1 saturated heterocycles. The Bertz CT molecular complexity index is 1250. The Labute approximate surface area is 235 Å². The lowest BCUT2D eigenvalue weighted by Crippen LogP contribution is -2.51. The predicted molar refractivity (Wildman–Crippen MR) is 148 cm³/mol. The molecular formula is C28H37N3O8S. The van der Waals surface area contributed by atoms with Gasteiger partial charge in [-0.3, -0.25) is 8.98 Å². The van der Waals surface area contributed by atoms with E-state index in [-0.39, 0.29) is 32.6 Å².